The SMILES string of the molecule is NCc1cccc2[nH]c(C3CCSC3)nc12. The van der Waals surface area contributed by atoms with E-state index in [9.17, 15) is 0 Å². The Kier molecular flexibility index (Phi) is 2.61. The van der Waals surface area contributed by atoms with E-state index in [1.807, 2.05) is 17.8 Å². The first kappa shape index (κ1) is 10.2. The summed E-state index contributed by atoms with van der Waals surface area (Å²) in [6.07, 6.45) is 1.24. The number of fused-ring (bicyclic) bond motifs is 1. The Bertz CT molecular complexity index is 500. The molecule has 0 spiro atoms. The average Bonchev–Trinajstić information content (AvgIpc) is 2.96. The van der Waals surface area contributed by atoms with Crippen molar-refractivity contribution in [3.8, 4) is 0 Å². The van der Waals surface area contributed by atoms with Crippen LogP contribution in [0.5, 0.6) is 0 Å². The third-order valence-electron chi connectivity index (χ3n) is 3.15. The van der Waals surface area contributed by atoms with E-state index in [4.69, 9.17) is 10.7 Å². The number of thioether (sulfide) groups is 1. The van der Waals surface area contributed by atoms with Crippen LogP contribution in [0.2, 0.25) is 0 Å². The van der Waals surface area contributed by atoms with E-state index in [0.717, 1.165) is 22.4 Å². The van der Waals surface area contributed by atoms with E-state index in [2.05, 4.69) is 17.1 Å². The molecule has 0 bridgehead atoms. The van der Waals surface area contributed by atoms with Crippen molar-refractivity contribution >= 4 is 22.8 Å². The van der Waals surface area contributed by atoms with Crippen LogP contribution >= 0.6 is 11.8 Å². The number of nitrogens with zero attached hydrogens (tertiary/aromatic N) is 1. The zero-order valence-electron chi connectivity index (χ0n) is 9.07. The van der Waals surface area contributed by atoms with E-state index in [0.29, 0.717) is 12.5 Å². The zero-order valence-corrected chi connectivity index (χ0v) is 9.89. The maximum atomic E-state index is 5.72. The van der Waals surface area contributed by atoms with E-state index in [-0.39, 0.29) is 0 Å². The average molecular weight is 233 g/mol. The van der Waals surface area contributed by atoms with Crippen molar-refractivity contribution in [2.75, 3.05) is 11.5 Å². The standard InChI is InChI=1S/C12H15N3S/c13-6-8-2-1-3-10-11(8)15-12(14-10)9-4-5-16-7-9/h1-3,9H,4-7,13H2,(H,14,15). The van der Waals surface area contributed by atoms with Crippen LogP contribution in [0.25, 0.3) is 11.0 Å². The lowest BCUT2D eigenvalue weighted by Crippen LogP contribution is -1.99. The fraction of sp³-hybridized carbons (Fsp3) is 0.417. The lowest BCUT2D eigenvalue weighted by Gasteiger charge is -2.01. The van der Waals surface area contributed by atoms with Gasteiger partial charge in [-0.25, -0.2) is 4.98 Å². The third-order valence-corrected chi connectivity index (χ3v) is 4.31. The molecule has 3 N–H and O–H groups in total. The number of aromatic nitrogens is 2. The first-order valence-corrected chi connectivity index (χ1v) is 6.79. The molecule has 0 radical (unpaired) electrons. The van der Waals surface area contributed by atoms with Gasteiger partial charge in [0.25, 0.3) is 0 Å². The molecule has 1 aromatic heterocycles. The number of para-hydroxylation sites is 1. The second kappa shape index (κ2) is 4.11. The van der Waals surface area contributed by atoms with Gasteiger partial charge in [-0.1, -0.05) is 12.1 Å². The highest BCUT2D eigenvalue weighted by atomic mass is 32.2. The molecule has 1 aliphatic heterocycles. The molecule has 1 fully saturated rings. The number of aromatic amines is 1. The molecule has 2 aromatic rings. The Hall–Kier alpha value is -1.00. The molecule has 0 amide bonds. The minimum atomic E-state index is 0.557. The summed E-state index contributed by atoms with van der Waals surface area (Å²) in [5.74, 6) is 4.19. The minimum Gasteiger partial charge on any atom is -0.342 e. The number of hydrogen-bond donors (Lipinski definition) is 2. The molecule has 3 rings (SSSR count). The number of benzene rings is 1. The van der Waals surface area contributed by atoms with Gasteiger partial charge >= 0.3 is 0 Å². The smallest absolute Gasteiger partial charge is 0.111 e. The molecule has 1 aromatic carbocycles. The van der Waals surface area contributed by atoms with Gasteiger partial charge in [0.15, 0.2) is 0 Å². The van der Waals surface area contributed by atoms with Gasteiger partial charge in [0.1, 0.15) is 5.82 Å². The molecule has 2 heterocycles. The van der Waals surface area contributed by atoms with Crippen molar-refractivity contribution in [2.45, 2.75) is 18.9 Å². The van der Waals surface area contributed by atoms with Gasteiger partial charge in [-0.3, -0.25) is 0 Å². The second-order valence-corrected chi connectivity index (χ2v) is 5.35. The monoisotopic (exact) mass is 233 g/mol. The number of nitrogens with two attached hydrogens (primary N) is 1. The summed E-state index contributed by atoms with van der Waals surface area (Å²) < 4.78 is 0. The topological polar surface area (TPSA) is 54.7 Å². The van der Waals surface area contributed by atoms with E-state index in [1.54, 1.807) is 0 Å². The highest BCUT2D eigenvalue weighted by Gasteiger charge is 2.21. The van der Waals surface area contributed by atoms with Crippen molar-refractivity contribution in [1.29, 1.82) is 0 Å². The molecule has 1 saturated heterocycles. The number of imidazole rings is 1. The summed E-state index contributed by atoms with van der Waals surface area (Å²) in [5, 5.41) is 0. The maximum Gasteiger partial charge on any atom is 0.111 e. The predicted octanol–water partition coefficient (Wildman–Crippen LogP) is 2.24. The number of nitrogens with one attached hydrogen (secondary N) is 1. The maximum absolute atomic E-state index is 5.72. The van der Waals surface area contributed by atoms with Gasteiger partial charge < -0.3 is 10.7 Å². The van der Waals surface area contributed by atoms with Crippen LogP contribution in [0.15, 0.2) is 18.2 Å². The molecule has 0 saturated carbocycles. The van der Waals surface area contributed by atoms with Gasteiger partial charge in [-0.05, 0) is 23.8 Å². The first-order chi connectivity index (χ1) is 7.88. The summed E-state index contributed by atoms with van der Waals surface area (Å²) >= 11 is 2.01. The number of hydrogen-bond acceptors (Lipinski definition) is 3. The molecule has 1 unspecified atom stereocenters. The van der Waals surface area contributed by atoms with Crippen molar-refractivity contribution in [3.63, 3.8) is 0 Å². The Balaban J connectivity index is 2.07. The minimum absolute atomic E-state index is 0.557. The van der Waals surface area contributed by atoms with Crippen LogP contribution < -0.4 is 5.73 Å². The van der Waals surface area contributed by atoms with Gasteiger partial charge in [0.05, 0.1) is 11.0 Å². The summed E-state index contributed by atoms with van der Waals surface area (Å²) in [6, 6.07) is 6.17. The van der Waals surface area contributed by atoms with Crippen molar-refractivity contribution in [3.05, 3.63) is 29.6 Å². The number of H-pyrrole nitrogens is 1. The number of rotatable bonds is 2. The summed E-state index contributed by atoms with van der Waals surface area (Å²) in [4.78, 5) is 8.15. The zero-order chi connectivity index (χ0) is 11.0. The van der Waals surface area contributed by atoms with Crippen LogP contribution in [0.1, 0.15) is 23.7 Å². The highest BCUT2D eigenvalue weighted by molar-refractivity contribution is 7.99. The van der Waals surface area contributed by atoms with Crippen LogP contribution in [0, 0.1) is 0 Å². The molecule has 1 atom stereocenters. The Morgan fingerprint density at radius 3 is 3.19 bits per heavy atom. The molecule has 3 nitrogen and oxygen atoms in total. The van der Waals surface area contributed by atoms with Crippen molar-refractivity contribution < 1.29 is 0 Å². The van der Waals surface area contributed by atoms with Gasteiger partial charge in [-0.15, -0.1) is 0 Å². The lowest BCUT2D eigenvalue weighted by molar-refractivity contribution is 0.733. The lowest BCUT2D eigenvalue weighted by atomic mass is 10.1. The molecular formula is C12H15N3S. The molecule has 84 valence electrons. The Morgan fingerprint density at radius 2 is 2.44 bits per heavy atom. The first-order valence-electron chi connectivity index (χ1n) is 5.64. The molecular weight excluding hydrogens is 218 g/mol. The van der Waals surface area contributed by atoms with Gasteiger partial charge in [0.2, 0.25) is 0 Å². The van der Waals surface area contributed by atoms with E-state index in [1.165, 1.54) is 17.9 Å². The largest absolute Gasteiger partial charge is 0.342 e. The quantitative estimate of drug-likeness (QED) is 0.836. The fourth-order valence-electron chi connectivity index (χ4n) is 2.22. The van der Waals surface area contributed by atoms with Crippen LogP contribution in [0.4, 0.5) is 0 Å². The van der Waals surface area contributed by atoms with Crippen molar-refractivity contribution in [1.82, 2.24) is 9.97 Å². The van der Waals surface area contributed by atoms with Crippen LogP contribution in [0.3, 0.4) is 0 Å². The fourth-order valence-corrected chi connectivity index (χ4v) is 3.45. The summed E-state index contributed by atoms with van der Waals surface area (Å²) in [6.45, 7) is 0.557. The third kappa shape index (κ3) is 1.62. The predicted molar refractivity (Wildman–Crippen MR) is 68.7 cm³/mol. The molecule has 1 aliphatic rings. The second-order valence-electron chi connectivity index (χ2n) is 4.20. The van der Waals surface area contributed by atoms with Gasteiger partial charge in [0, 0.05) is 18.2 Å². The Morgan fingerprint density at radius 1 is 1.50 bits per heavy atom. The van der Waals surface area contributed by atoms with E-state index >= 15 is 0 Å². The molecule has 4 heteroatoms. The van der Waals surface area contributed by atoms with Crippen LogP contribution in [-0.2, 0) is 6.54 Å². The molecule has 0 aliphatic carbocycles. The molecule has 16 heavy (non-hydrogen) atoms. The van der Waals surface area contributed by atoms with E-state index < -0.39 is 0 Å². The summed E-state index contributed by atoms with van der Waals surface area (Å²) in [7, 11) is 0. The Labute approximate surface area is 98.8 Å². The van der Waals surface area contributed by atoms with Crippen molar-refractivity contribution in [2.24, 2.45) is 5.73 Å². The van der Waals surface area contributed by atoms with Crippen LogP contribution in [-0.4, -0.2) is 21.5 Å². The normalized spacial score (nSPS) is 20.7. The summed E-state index contributed by atoms with van der Waals surface area (Å²) in [5.41, 5.74) is 9.02. The van der Waals surface area contributed by atoms with Gasteiger partial charge in [-0.2, -0.15) is 11.8 Å². The highest BCUT2D eigenvalue weighted by Crippen LogP contribution is 2.32.